The number of ether oxygens (including phenoxy) is 10. The van der Waals surface area contributed by atoms with Crippen LogP contribution >= 0.6 is 11.6 Å². The molecule has 5 amide bonds. The Bertz CT molecular complexity index is 5070. The number of rotatable bonds is 30. The molecular formula is C96H124ClF17N10O25. The molecule has 834 valence electrons. The third-order valence-corrected chi connectivity index (χ3v) is 23.8. The number of hydrogen-bond donors (Lipinski definition) is 5. The van der Waals surface area contributed by atoms with Crippen molar-refractivity contribution in [2.75, 3.05) is 131 Å². The third-order valence-electron chi connectivity index (χ3n) is 23.5. The predicted molar refractivity (Wildman–Crippen MR) is 498 cm³/mol. The number of carboxylic acid groups (broad SMARTS) is 5. The van der Waals surface area contributed by atoms with Crippen LogP contribution in [-0.4, -0.2) is 355 Å². The Morgan fingerprint density at radius 1 is 0.289 bits per heavy atom. The maximum Gasteiger partial charge on any atom is 0.425 e. The summed E-state index contributed by atoms with van der Waals surface area (Å²) in [5.74, 6) is -6.00. The van der Waals surface area contributed by atoms with E-state index in [0.29, 0.717) is 113 Å². The molecule has 5 fully saturated rings. The number of piperazine rings is 5. The van der Waals surface area contributed by atoms with Crippen LogP contribution in [0.1, 0.15) is 137 Å². The van der Waals surface area contributed by atoms with E-state index >= 15 is 0 Å². The van der Waals surface area contributed by atoms with Gasteiger partial charge in [0.05, 0.1) is 5.02 Å². The van der Waals surface area contributed by atoms with Crippen molar-refractivity contribution in [1.29, 1.82) is 0 Å². The van der Waals surface area contributed by atoms with E-state index in [1.165, 1.54) is 112 Å². The van der Waals surface area contributed by atoms with Gasteiger partial charge in [0.25, 0.3) is 0 Å². The normalized spacial score (nSPS) is 16.9. The van der Waals surface area contributed by atoms with Gasteiger partial charge in [-0.15, -0.1) is 0 Å². The molecule has 149 heavy (non-hydrogen) atoms. The summed E-state index contributed by atoms with van der Waals surface area (Å²) in [4.78, 5) is 132. The van der Waals surface area contributed by atoms with Crippen LogP contribution in [-0.2, 0) is 80.4 Å². The average Bonchev–Trinajstić information content (AvgIpc) is 0.821. The molecule has 5 heterocycles. The van der Waals surface area contributed by atoms with Gasteiger partial charge in [-0.3, -0.25) is 24.5 Å². The Kier molecular flexibility index (Phi) is 44.5. The van der Waals surface area contributed by atoms with Crippen LogP contribution in [0.4, 0.5) is 98.6 Å². The summed E-state index contributed by atoms with van der Waals surface area (Å²) >= 11 is 6.21. The van der Waals surface area contributed by atoms with Crippen molar-refractivity contribution >= 4 is 71.9 Å². The summed E-state index contributed by atoms with van der Waals surface area (Å²) in [5, 5.41) is 46.6. The van der Waals surface area contributed by atoms with Gasteiger partial charge in [-0.1, -0.05) is 72.3 Å². The lowest BCUT2D eigenvalue weighted by Gasteiger charge is -2.35. The zero-order valence-electron chi connectivity index (χ0n) is 84.5. The third kappa shape index (κ3) is 39.5. The smallest absolute Gasteiger partial charge is 0.425 e. The van der Waals surface area contributed by atoms with E-state index in [9.17, 15) is 148 Å². The van der Waals surface area contributed by atoms with E-state index in [-0.39, 0.29) is 101 Å². The Morgan fingerprint density at radius 2 is 0.517 bits per heavy atom. The van der Waals surface area contributed by atoms with E-state index in [4.69, 9.17) is 35.3 Å². The average molecular weight is 2180 g/mol. The lowest BCUT2D eigenvalue weighted by atomic mass is 10.1. The first-order valence-electron chi connectivity index (χ1n) is 46.5. The first-order valence-corrected chi connectivity index (χ1v) is 46.8. The van der Waals surface area contributed by atoms with E-state index in [2.05, 4.69) is 23.7 Å². The van der Waals surface area contributed by atoms with Crippen LogP contribution in [0.5, 0.6) is 28.7 Å². The molecule has 5 atom stereocenters. The monoisotopic (exact) mass is 2170 g/mol. The Hall–Kier alpha value is -12.3. The van der Waals surface area contributed by atoms with Crippen molar-refractivity contribution in [3.63, 3.8) is 0 Å². The highest BCUT2D eigenvalue weighted by atomic mass is 35.5. The number of aliphatic carboxylic acids is 5. The number of carbonyl (C=O) groups excluding carboxylic acids is 5. The number of benzene rings is 5. The van der Waals surface area contributed by atoms with E-state index < -0.39 is 161 Å². The van der Waals surface area contributed by atoms with Crippen LogP contribution in [0.2, 0.25) is 5.02 Å². The molecule has 5 aliphatic heterocycles. The standard InChI is InChI=1S/C20H27F3N2O5.C19H24ClF3N2O5.2C19H24F4N2O5.C19H25F3N2O5/c1-13-5-6-15(16(11-13)30-19(3,4)17(26)27)12-24-7-9-25(10-8-24)18(28)29-14(2)20(21,22)23;1-12(19(21,22)23)29-17(28)25-9-7-24(8-10-25)11-13-5-4-6-14(20)15(13)30-18(2,3)16(26)27;1-12(19(21,22)23)29-17(28)25-8-6-24(7-9-25)11-13-4-5-14(20)10-15(13)30-18(2,3)16(26)27;1-12(19(21,22)23)29-17(28)25-9-7-24(8-10-25)11-13-5-4-6-14(20)15(13)30-18(2,3)16(26)27;1-13(19(20,21)22)28-17(27)24-10-8-23(9-11-24)12-14-6-4-5-7-15(14)29-18(2,3)16(25)26/h5-6,11,14H,7-10,12H2,1-4H3,(H,26,27);4-6,12H,7-11H2,1-3H3,(H,26,27);4-5,10,12H,6-9,11H2,1-3H3,(H,26,27);4-6,12H,7-11H2,1-3H3,(H,26,27);4-7,13H,8-12H2,1-3H3,(H,25,26). The second kappa shape index (κ2) is 52.9. The number of halogens is 18. The molecule has 5 unspecified atom stereocenters. The molecule has 35 nitrogen and oxygen atoms in total. The lowest BCUT2D eigenvalue weighted by Crippen LogP contribution is -2.49. The summed E-state index contributed by atoms with van der Waals surface area (Å²) in [5.41, 5.74) is -3.38. The number of aryl methyl sites for hydroxylation is 1. The molecule has 5 aromatic carbocycles. The van der Waals surface area contributed by atoms with Crippen molar-refractivity contribution in [2.45, 2.75) is 233 Å². The fourth-order valence-corrected chi connectivity index (χ4v) is 13.9. The molecule has 0 saturated carbocycles. The number of carboxylic acids is 5. The molecule has 5 aliphatic rings. The van der Waals surface area contributed by atoms with Gasteiger partial charge >= 0.3 is 91.2 Å². The number of nitrogens with zero attached hydrogens (tertiary/aromatic N) is 10. The summed E-state index contributed by atoms with van der Waals surface area (Å²) in [7, 11) is 0. The van der Waals surface area contributed by atoms with Gasteiger partial charge in [0, 0.05) is 198 Å². The molecule has 5 N–H and O–H groups in total. The van der Waals surface area contributed by atoms with Gasteiger partial charge in [-0.25, -0.2) is 56.7 Å². The highest BCUT2D eigenvalue weighted by Crippen LogP contribution is 2.38. The first-order chi connectivity index (χ1) is 68.6. The lowest BCUT2D eigenvalue weighted by molar-refractivity contribution is -0.200. The zero-order valence-corrected chi connectivity index (χ0v) is 85.2. The molecule has 0 spiro atoms. The Labute approximate surface area is 852 Å². The minimum Gasteiger partial charge on any atom is -0.478 e. The molecule has 0 bridgehead atoms. The van der Waals surface area contributed by atoms with E-state index in [0.717, 1.165) is 63.4 Å². The second-order valence-electron chi connectivity index (χ2n) is 37.7. The fraction of sp³-hybridized carbons (Fsp3) is 0.583. The summed E-state index contributed by atoms with van der Waals surface area (Å²) in [6, 6.07) is 25.7. The van der Waals surface area contributed by atoms with Crippen molar-refractivity contribution in [3.8, 4) is 28.7 Å². The number of para-hydroxylation sites is 3. The van der Waals surface area contributed by atoms with Crippen LogP contribution in [0.15, 0.2) is 97.1 Å². The van der Waals surface area contributed by atoms with Crippen molar-refractivity contribution < 1.29 is 195 Å². The maximum absolute atomic E-state index is 14.3. The van der Waals surface area contributed by atoms with Crippen molar-refractivity contribution in [3.05, 3.63) is 147 Å². The number of amides is 5. The molecule has 53 heteroatoms. The predicted octanol–water partition coefficient (Wildman–Crippen LogP) is 16.9. The van der Waals surface area contributed by atoms with Gasteiger partial charge < -0.3 is 97.4 Å². The minimum atomic E-state index is -4.63. The van der Waals surface area contributed by atoms with Gasteiger partial charge in [-0.2, -0.15) is 65.9 Å². The molecule has 0 aromatic heterocycles. The molecule has 0 aliphatic carbocycles. The van der Waals surface area contributed by atoms with Crippen molar-refractivity contribution in [2.24, 2.45) is 0 Å². The number of alkyl halides is 15. The van der Waals surface area contributed by atoms with Gasteiger partial charge in [0.1, 0.15) is 28.8 Å². The summed E-state index contributed by atoms with van der Waals surface area (Å²) in [6.45, 7) is 27.2. The Balaban J connectivity index is 0.000000284. The van der Waals surface area contributed by atoms with Crippen LogP contribution in [0, 0.1) is 18.6 Å². The molecule has 0 radical (unpaired) electrons. The van der Waals surface area contributed by atoms with Gasteiger partial charge in [-0.05, 0) is 147 Å². The molecule has 5 aromatic rings. The van der Waals surface area contributed by atoms with E-state index in [1.807, 2.05) is 55.7 Å². The summed E-state index contributed by atoms with van der Waals surface area (Å²) in [6.07, 6.45) is -39.0. The van der Waals surface area contributed by atoms with E-state index in [1.54, 1.807) is 42.5 Å². The largest absolute Gasteiger partial charge is 0.478 e. The first kappa shape index (κ1) is 125. The van der Waals surface area contributed by atoms with Crippen LogP contribution in [0.3, 0.4) is 0 Å². The highest BCUT2D eigenvalue weighted by Gasteiger charge is 2.47. The van der Waals surface area contributed by atoms with Gasteiger partial charge in [0.2, 0.25) is 0 Å². The summed E-state index contributed by atoms with van der Waals surface area (Å²) < 4.78 is 266. The number of hydrogen-bond acceptors (Lipinski definition) is 25. The zero-order chi connectivity index (χ0) is 113. The minimum absolute atomic E-state index is 0.0863. The van der Waals surface area contributed by atoms with Crippen molar-refractivity contribution in [1.82, 2.24) is 49.0 Å². The number of carbonyl (C=O) groups is 10. The van der Waals surface area contributed by atoms with Crippen LogP contribution in [0.25, 0.3) is 0 Å². The highest BCUT2D eigenvalue weighted by molar-refractivity contribution is 6.32. The van der Waals surface area contributed by atoms with Crippen LogP contribution < -0.4 is 23.7 Å². The SMILES string of the molecule is CC(OC(=O)N1CCN(Cc2ccc(F)cc2OC(C)(C)C(=O)O)CC1)C(F)(F)F.CC(OC(=O)N1CCN(Cc2cccc(Cl)c2OC(C)(C)C(=O)O)CC1)C(F)(F)F.CC(OC(=O)N1CCN(Cc2cccc(F)c2OC(C)(C)C(=O)O)CC1)C(F)(F)F.CC(OC(=O)N1CCN(Cc2ccccc2OC(C)(C)C(=O)O)CC1)C(F)(F)F.Cc1ccc(CN2CCN(C(=O)OC(C)C(F)(F)F)CC2)c(OC(C)(C)C(=O)O)c1. The quantitative estimate of drug-likeness (QED) is 0.0210. The molecular weight excluding hydrogens is 2050 g/mol. The second-order valence-corrected chi connectivity index (χ2v) is 38.1. The topological polar surface area (TPSA) is 397 Å². The van der Waals surface area contributed by atoms with Gasteiger partial charge in [0.15, 0.2) is 70.1 Å². The molecule has 5 saturated heterocycles. The Morgan fingerprint density at radius 3 is 0.805 bits per heavy atom. The fourth-order valence-electron chi connectivity index (χ4n) is 13.6. The maximum atomic E-state index is 14.3. The molecule has 10 rings (SSSR count).